The summed E-state index contributed by atoms with van der Waals surface area (Å²) in [5.74, 6) is 0. The summed E-state index contributed by atoms with van der Waals surface area (Å²) in [5, 5.41) is 9.20. The number of alkyl halides is 3. The molecule has 0 aliphatic heterocycles. The number of halogens is 3. The van der Waals surface area contributed by atoms with E-state index in [2.05, 4.69) is 0 Å². The van der Waals surface area contributed by atoms with Crippen LogP contribution >= 0.6 is 0 Å². The lowest BCUT2D eigenvalue weighted by Gasteiger charge is -2.29. The molecule has 110 valence electrons. The molecule has 0 saturated carbocycles. The van der Waals surface area contributed by atoms with Crippen LogP contribution in [0.5, 0.6) is 0 Å². The van der Waals surface area contributed by atoms with Crippen molar-refractivity contribution in [1.82, 2.24) is 9.44 Å². The minimum absolute atomic E-state index is 0.107. The van der Waals surface area contributed by atoms with Crippen molar-refractivity contribution in [3.8, 4) is 0 Å². The van der Waals surface area contributed by atoms with E-state index in [1.54, 1.807) is 13.8 Å². The fraction of sp³-hybridized carbons (Fsp3) is 1.00. The average Bonchev–Trinajstić information content (AvgIpc) is 2.29. The van der Waals surface area contributed by atoms with Crippen molar-refractivity contribution in [2.24, 2.45) is 5.41 Å². The number of aliphatic hydroxyl groups excluding tert-OH is 1. The average molecular weight is 292 g/mol. The van der Waals surface area contributed by atoms with Gasteiger partial charge in [0.25, 0.3) is 10.2 Å². The van der Waals surface area contributed by atoms with E-state index in [9.17, 15) is 26.7 Å². The Morgan fingerprint density at radius 1 is 1.06 bits per heavy atom. The van der Waals surface area contributed by atoms with E-state index in [1.807, 2.05) is 4.72 Å². The number of aliphatic hydroxyl groups is 1. The van der Waals surface area contributed by atoms with Gasteiger partial charge in [0.1, 0.15) is 6.54 Å². The van der Waals surface area contributed by atoms with Crippen molar-refractivity contribution in [3.05, 3.63) is 0 Å². The molecule has 0 aromatic heterocycles. The monoisotopic (exact) mass is 292 g/mol. The molecule has 0 aromatic rings. The van der Waals surface area contributed by atoms with Crippen LogP contribution in [0.3, 0.4) is 0 Å². The van der Waals surface area contributed by atoms with Gasteiger partial charge in [-0.1, -0.05) is 13.8 Å². The highest BCUT2D eigenvalue weighted by molar-refractivity contribution is 7.87. The largest absolute Gasteiger partial charge is 0.402 e. The van der Waals surface area contributed by atoms with Gasteiger partial charge in [0, 0.05) is 18.6 Å². The summed E-state index contributed by atoms with van der Waals surface area (Å²) >= 11 is 0. The highest BCUT2D eigenvalue weighted by Gasteiger charge is 2.31. The second kappa shape index (κ2) is 6.69. The standard InChI is InChI=1S/C9H19F3N2O3S/c1-3-8(4-2,7-15)5-13-18(16,17)14-6-9(10,11)12/h13-15H,3-7H2,1-2H3. The molecule has 5 nitrogen and oxygen atoms in total. The minimum atomic E-state index is -4.60. The summed E-state index contributed by atoms with van der Waals surface area (Å²) < 4.78 is 61.6. The van der Waals surface area contributed by atoms with Crippen LogP contribution in [-0.4, -0.2) is 39.4 Å². The molecule has 0 unspecified atom stereocenters. The number of hydrogen-bond donors (Lipinski definition) is 3. The minimum Gasteiger partial charge on any atom is -0.396 e. The van der Waals surface area contributed by atoms with E-state index < -0.39 is 28.3 Å². The molecule has 0 aliphatic rings. The lowest BCUT2D eigenvalue weighted by atomic mass is 9.84. The Balaban J connectivity index is 4.42. The summed E-state index contributed by atoms with van der Waals surface area (Å²) in [6.07, 6.45) is -3.57. The van der Waals surface area contributed by atoms with Crippen molar-refractivity contribution >= 4 is 10.2 Å². The van der Waals surface area contributed by atoms with Gasteiger partial charge in [0.05, 0.1) is 0 Å². The van der Waals surface area contributed by atoms with Crippen LogP contribution < -0.4 is 9.44 Å². The normalized spacial score (nSPS) is 13.9. The molecule has 0 saturated heterocycles. The van der Waals surface area contributed by atoms with Crippen LogP contribution in [0.4, 0.5) is 13.2 Å². The van der Waals surface area contributed by atoms with Crippen LogP contribution in [0.15, 0.2) is 0 Å². The smallest absolute Gasteiger partial charge is 0.396 e. The second-order valence-corrected chi connectivity index (χ2v) is 5.71. The molecule has 0 spiro atoms. The van der Waals surface area contributed by atoms with Crippen molar-refractivity contribution in [2.45, 2.75) is 32.9 Å². The zero-order valence-corrected chi connectivity index (χ0v) is 11.2. The van der Waals surface area contributed by atoms with Gasteiger partial charge < -0.3 is 5.11 Å². The number of hydrogen-bond acceptors (Lipinski definition) is 3. The van der Waals surface area contributed by atoms with Crippen molar-refractivity contribution < 1.29 is 26.7 Å². The third kappa shape index (κ3) is 6.53. The molecule has 0 fully saturated rings. The first-order chi connectivity index (χ1) is 8.10. The fourth-order valence-electron chi connectivity index (χ4n) is 1.26. The molecule has 0 aromatic carbocycles. The molecule has 0 amide bonds. The van der Waals surface area contributed by atoms with Crippen LogP contribution in [0.2, 0.25) is 0 Å². The Hall–Kier alpha value is -0.380. The maximum Gasteiger partial charge on any atom is 0.402 e. The first-order valence-corrected chi connectivity index (χ1v) is 7.00. The van der Waals surface area contributed by atoms with Gasteiger partial charge in [-0.25, -0.2) is 4.72 Å². The van der Waals surface area contributed by atoms with E-state index in [1.165, 1.54) is 4.72 Å². The van der Waals surface area contributed by atoms with Gasteiger partial charge in [0.2, 0.25) is 0 Å². The zero-order valence-electron chi connectivity index (χ0n) is 10.3. The summed E-state index contributed by atoms with van der Waals surface area (Å²) in [6, 6.07) is 0. The third-order valence-electron chi connectivity index (χ3n) is 2.94. The molecule has 0 heterocycles. The number of nitrogens with one attached hydrogen (secondary N) is 2. The maximum atomic E-state index is 11.9. The Kier molecular flexibility index (Phi) is 6.55. The van der Waals surface area contributed by atoms with Gasteiger partial charge in [-0.15, -0.1) is 0 Å². The Labute approximate surface area is 105 Å². The molecule has 0 rings (SSSR count). The van der Waals surface area contributed by atoms with E-state index in [-0.39, 0.29) is 13.2 Å². The summed E-state index contributed by atoms with van der Waals surface area (Å²) in [6.45, 7) is 1.59. The van der Waals surface area contributed by atoms with Gasteiger partial charge in [-0.2, -0.15) is 26.3 Å². The summed E-state index contributed by atoms with van der Waals surface area (Å²) in [4.78, 5) is 0. The molecule has 0 aliphatic carbocycles. The van der Waals surface area contributed by atoms with Crippen LogP contribution in [0.1, 0.15) is 26.7 Å². The SMILES string of the molecule is CCC(CC)(CO)CNS(=O)(=O)NCC(F)(F)F. The molecular formula is C9H19F3N2O3S. The molecule has 3 N–H and O–H groups in total. The predicted octanol–water partition coefficient (Wildman–Crippen LogP) is 0.771. The van der Waals surface area contributed by atoms with Gasteiger partial charge >= 0.3 is 6.18 Å². The van der Waals surface area contributed by atoms with E-state index >= 15 is 0 Å². The zero-order chi connectivity index (χ0) is 14.4. The molecular weight excluding hydrogens is 273 g/mol. The van der Waals surface area contributed by atoms with Gasteiger partial charge in [-0.05, 0) is 12.8 Å². The van der Waals surface area contributed by atoms with Crippen molar-refractivity contribution in [2.75, 3.05) is 19.7 Å². The highest BCUT2D eigenvalue weighted by Crippen LogP contribution is 2.24. The first-order valence-electron chi connectivity index (χ1n) is 5.51. The van der Waals surface area contributed by atoms with Crippen LogP contribution in [-0.2, 0) is 10.2 Å². The Bertz CT molecular complexity index is 331. The fourth-order valence-corrected chi connectivity index (χ4v) is 2.21. The van der Waals surface area contributed by atoms with Crippen LogP contribution in [0, 0.1) is 5.41 Å². The number of rotatable bonds is 8. The summed E-state index contributed by atoms with van der Waals surface area (Å²) in [5.41, 5.74) is -0.646. The topological polar surface area (TPSA) is 78.4 Å². The van der Waals surface area contributed by atoms with Crippen LogP contribution in [0.25, 0.3) is 0 Å². The Morgan fingerprint density at radius 3 is 1.83 bits per heavy atom. The molecule has 0 radical (unpaired) electrons. The van der Waals surface area contributed by atoms with E-state index in [0.717, 1.165) is 0 Å². The first kappa shape index (κ1) is 17.6. The molecule has 18 heavy (non-hydrogen) atoms. The predicted molar refractivity (Wildman–Crippen MR) is 61.1 cm³/mol. The van der Waals surface area contributed by atoms with Crippen molar-refractivity contribution in [3.63, 3.8) is 0 Å². The lowest BCUT2D eigenvalue weighted by Crippen LogP contribution is -2.46. The highest BCUT2D eigenvalue weighted by atomic mass is 32.2. The maximum absolute atomic E-state index is 11.9. The van der Waals surface area contributed by atoms with E-state index in [4.69, 9.17) is 0 Å². The lowest BCUT2D eigenvalue weighted by molar-refractivity contribution is -0.121. The molecule has 0 atom stereocenters. The summed E-state index contributed by atoms with van der Waals surface area (Å²) in [7, 11) is -4.21. The van der Waals surface area contributed by atoms with Gasteiger partial charge in [0.15, 0.2) is 0 Å². The Morgan fingerprint density at radius 2 is 1.50 bits per heavy atom. The second-order valence-electron chi connectivity index (χ2n) is 4.13. The molecule has 0 bridgehead atoms. The van der Waals surface area contributed by atoms with Gasteiger partial charge in [-0.3, -0.25) is 0 Å². The van der Waals surface area contributed by atoms with Crippen molar-refractivity contribution in [1.29, 1.82) is 0 Å². The third-order valence-corrected chi connectivity index (χ3v) is 3.98. The van der Waals surface area contributed by atoms with E-state index in [0.29, 0.717) is 12.8 Å². The molecule has 9 heteroatoms. The quantitative estimate of drug-likeness (QED) is 0.618.